The van der Waals surface area contributed by atoms with Crippen molar-refractivity contribution in [3.05, 3.63) is 58.5 Å². The Hall–Kier alpha value is -4.59. The molecule has 2 atom stereocenters. The standard InChI is InChI=1S/C23H21N7O6S/c24-23-26-14(10-37-23)16(28-36)19(31)27-17-15-2-1-11(18(22(34)35)30(15)21(17)33)9-12-5-8-29(20(12)32)13-3-6-25-7-4-13/h3-4,6-7,9-10,15,17,36H,1-2,5,8H2,(H2,24,26)(H,27,31)(H,34,35)/t15-,17+/m1/s1. The molecule has 5 N–H and O–H groups in total. The van der Waals surface area contributed by atoms with E-state index in [1.54, 1.807) is 35.5 Å². The SMILES string of the molecule is Nc1nc(C(=NO)C(=O)N[C@@H]2C(=O)N3C(C(=O)O)=C(C=C4CCN(c5ccncc5)C4=O)CC[C@H]23)cs1. The molecular formula is C23H21N7O6S. The average Bonchev–Trinajstić information content (AvgIpc) is 3.48. The molecule has 37 heavy (non-hydrogen) atoms. The molecule has 0 aliphatic carbocycles. The first-order chi connectivity index (χ1) is 17.8. The molecule has 3 aliphatic rings. The van der Waals surface area contributed by atoms with Crippen LogP contribution in [-0.4, -0.2) is 73.2 Å². The number of aliphatic carboxylic acids is 1. The Balaban J connectivity index is 1.35. The molecule has 14 heteroatoms. The van der Waals surface area contributed by atoms with Crippen LogP contribution < -0.4 is 16.0 Å². The van der Waals surface area contributed by atoms with Gasteiger partial charge in [-0.25, -0.2) is 9.78 Å². The third-order valence-corrected chi connectivity index (χ3v) is 7.16. The maximum atomic E-state index is 13.0. The van der Waals surface area contributed by atoms with Crippen LogP contribution in [0.3, 0.4) is 0 Å². The number of oxime groups is 1. The minimum atomic E-state index is -1.30. The van der Waals surface area contributed by atoms with Gasteiger partial charge in [-0.05, 0) is 43.0 Å². The Morgan fingerprint density at radius 1 is 1.24 bits per heavy atom. The largest absolute Gasteiger partial charge is 0.477 e. The first-order valence-electron chi connectivity index (χ1n) is 11.3. The minimum absolute atomic E-state index is 0.0526. The van der Waals surface area contributed by atoms with E-state index in [-0.39, 0.29) is 28.9 Å². The molecule has 0 aromatic carbocycles. The average molecular weight is 524 g/mol. The van der Waals surface area contributed by atoms with Crippen LogP contribution in [0.4, 0.5) is 10.8 Å². The Morgan fingerprint density at radius 3 is 2.65 bits per heavy atom. The highest BCUT2D eigenvalue weighted by Gasteiger charge is 2.53. The quantitative estimate of drug-likeness (QED) is 0.137. The van der Waals surface area contributed by atoms with Crippen molar-refractivity contribution in [2.75, 3.05) is 17.2 Å². The van der Waals surface area contributed by atoms with Crippen LogP contribution in [0, 0.1) is 0 Å². The highest BCUT2D eigenvalue weighted by Crippen LogP contribution is 2.38. The molecule has 3 aliphatic heterocycles. The number of anilines is 2. The summed E-state index contributed by atoms with van der Waals surface area (Å²) in [6.45, 7) is 0.448. The molecule has 0 bridgehead atoms. The molecule has 0 saturated carbocycles. The summed E-state index contributed by atoms with van der Waals surface area (Å²) in [7, 11) is 0. The van der Waals surface area contributed by atoms with Crippen LogP contribution in [-0.2, 0) is 19.2 Å². The van der Waals surface area contributed by atoms with Crippen molar-refractivity contribution in [3.8, 4) is 0 Å². The smallest absolute Gasteiger partial charge is 0.352 e. The fraction of sp³-hybridized carbons (Fsp3) is 0.261. The van der Waals surface area contributed by atoms with Gasteiger partial charge in [-0.15, -0.1) is 11.3 Å². The van der Waals surface area contributed by atoms with Crippen LogP contribution in [0.1, 0.15) is 25.0 Å². The number of fused-ring (bicyclic) bond motifs is 1. The Bertz CT molecular complexity index is 1400. The van der Waals surface area contributed by atoms with Crippen molar-refractivity contribution in [2.24, 2.45) is 5.16 Å². The number of nitrogens with zero attached hydrogens (tertiary/aromatic N) is 5. The number of aromatic nitrogens is 2. The van der Waals surface area contributed by atoms with Gasteiger partial charge in [0.15, 0.2) is 10.8 Å². The molecule has 0 radical (unpaired) electrons. The van der Waals surface area contributed by atoms with Crippen molar-refractivity contribution >= 4 is 51.6 Å². The fourth-order valence-corrected chi connectivity index (χ4v) is 5.33. The molecule has 190 valence electrons. The number of nitrogens with one attached hydrogen (secondary N) is 1. The minimum Gasteiger partial charge on any atom is -0.477 e. The van der Waals surface area contributed by atoms with Gasteiger partial charge in [0, 0.05) is 35.6 Å². The summed E-state index contributed by atoms with van der Waals surface area (Å²) < 4.78 is 0. The number of carboxylic acid groups (broad SMARTS) is 1. The van der Waals surface area contributed by atoms with E-state index in [1.165, 1.54) is 5.38 Å². The maximum Gasteiger partial charge on any atom is 0.352 e. The van der Waals surface area contributed by atoms with Crippen LogP contribution in [0.25, 0.3) is 0 Å². The van der Waals surface area contributed by atoms with Crippen molar-refractivity contribution in [1.29, 1.82) is 0 Å². The predicted molar refractivity (Wildman–Crippen MR) is 131 cm³/mol. The Morgan fingerprint density at radius 2 is 2.00 bits per heavy atom. The number of hydrogen-bond donors (Lipinski definition) is 4. The number of nitrogen functional groups attached to an aromatic ring is 1. The number of thiazole rings is 1. The topological polar surface area (TPSA) is 191 Å². The third-order valence-electron chi connectivity index (χ3n) is 6.49. The summed E-state index contributed by atoms with van der Waals surface area (Å²) in [4.78, 5) is 61.3. The number of pyridine rings is 1. The molecule has 13 nitrogen and oxygen atoms in total. The number of nitrogens with two attached hydrogens (primary N) is 1. The molecule has 0 unspecified atom stereocenters. The highest BCUT2D eigenvalue weighted by molar-refractivity contribution is 7.13. The second kappa shape index (κ2) is 9.46. The lowest BCUT2D eigenvalue weighted by atomic mass is 9.82. The zero-order chi connectivity index (χ0) is 26.3. The fourth-order valence-electron chi connectivity index (χ4n) is 4.78. The molecule has 2 aromatic rings. The molecule has 3 amide bonds. The van der Waals surface area contributed by atoms with Gasteiger partial charge in [0.25, 0.3) is 17.7 Å². The van der Waals surface area contributed by atoms with Gasteiger partial charge in [-0.2, -0.15) is 0 Å². The van der Waals surface area contributed by atoms with Gasteiger partial charge in [-0.3, -0.25) is 24.3 Å². The van der Waals surface area contributed by atoms with Crippen molar-refractivity contribution < 1.29 is 29.5 Å². The number of carbonyl (C=O) groups is 4. The van der Waals surface area contributed by atoms with E-state index >= 15 is 0 Å². The van der Waals surface area contributed by atoms with E-state index < -0.39 is 35.6 Å². The lowest BCUT2D eigenvalue weighted by molar-refractivity contribution is -0.155. The van der Waals surface area contributed by atoms with Gasteiger partial charge in [0.2, 0.25) is 0 Å². The van der Waals surface area contributed by atoms with Crippen LogP contribution >= 0.6 is 11.3 Å². The molecule has 5 heterocycles. The van der Waals surface area contributed by atoms with Gasteiger partial charge >= 0.3 is 5.97 Å². The van der Waals surface area contributed by atoms with Crippen molar-refractivity contribution in [3.63, 3.8) is 0 Å². The predicted octanol–water partition coefficient (Wildman–Crippen LogP) is 0.490. The van der Waals surface area contributed by atoms with E-state index in [0.717, 1.165) is 16.2 Å². The Kier molecular flexibility index (Phi) is 6.17. The molecule has 0 spiro atoms. The van der Waals surface area contributed by atoms with Crippen molar-refractivity contribution in [2.45, 2.75) is 31.3 Å². The Labute approximate surface area is 213 Å². The second-order valence-electron chi connectivity index (χ2n) is 8.55. The third kappa shape index (κ3) is 4.20. The molecule has 2 fully saturated rings. The van der Waals surface area contributed by atoms with E-state index in [4.69, 9.17) is 5.73 Å². The number of β-lactam (4-membered cyclic amide) rings is 1. The van der Waals surface area contributed by atoms with Gasteiger partial charge in [0.1, 0.15) is 17.4 Å². The normalized spacial score (nSPS) is 22.8. The molecule has 5 rings (SSSR count). The zero-order valence-corrected chi connectivity index (χ0v) is 20.0. The van der Waals surface area contributed by atoms with Crippen molar-refractivity contribution in [1.82, 2.24) is 20.2 Å². The summed E-state index contributed by atoms with van der Waals surface area (Å²) in [5, 5.41) is 26.3. The maximum absolute atomic E-state index is 13.0. The zero-order valence-electron chi connectivity index (χ0n) is 19.2. The summed E-state index contributed by atoms with van der Waals surface area (Å²) >= 11 is 1.05. The number of carbonyl (C=O) groups excluding carboxylic acids is 3. The monoisotopic (exact) mass is 523 g/mol. The van der Waals surface area contributed by atoms with Crippen LogP contribution in [0.15, 0.2) is 58.0 Å². The van der Waals surface area contributed by atoms with E-state index in [1.807, 2.05) is 0 Å². The lowest BCUT2D eigenvalue weighted by Crippen LogP contribution is -2.72. The highest BCUT2D eigenvalue weighted by atomic mass is 32.1. The molecule has 2 saturated heterocycles. The first kappa shape index (κ1) is 24.1. The summed E-state index contributed by atoms with van der Waals surface area (Å²) in [6.07, 6.45) is 5.82. The van der Waals surface area contributed by atoms with Gasteiger partial charge in [-0.1, -0.05) is 5.16 Å². The summed E-state index contributed by atoms with van der Waals surface area (Å²) in [6, 6.07) is 1.84. The van der Waals surface area contributed by atoms with Gasteiger partial charge in [0.05, 0.1) is 6.04 Å². The lowest BCUT2D eigenvalue weighted by Gasteiger charge is -2.50. The number of allylic oxidation sites excluding steroid dienone is 2. The van der Waals surface area contributed by atoms with Crippen LogP contribution in [0.2, 0.25) is 0 Å². The van der Waals surface area contributed by atoms with Gasteiger partial charge < -0.3 is 26.3 Å². The number of carboxylic acids is 1. The van der Waals surface area contributed by atoms with E-state index in [9.17, 15) is 29.5 Å². The first-order valence-corrected chi connectivity index (χ1v) is 12.1. The van der Waals surface area contributed by atoms with Crippen LogP contribution in [0.5, 0.6) is 0 Å². The number of rotatable bonds is 6. The molecule has 2 aromatic heterocycles. The summed E-state index contributed by atoms with van der Waals surface area (Å²) in [5.41, 5.74) is 6.52. The number of amides is 3. The summed E-state index contributed by atoms with van der Waals surface area (Å²) in [5.74, 6) is -2.99. The molecular weight excluding hydrogens is 502 g/mol. The second-order valence-corrected chi connectivity index (χ2v) is 9.44. The number of hydrogen-bond acceptors (Lipinski definition) is 10. The van der Waals surface area contributed by atoms with E-state index in [2.05, 4.69) is 20.4 Å². The van der Waals surface area contributed by atoms with E-state index in [0.29, 0.717) is 36.2 Å².